The number of carbonyl (C=O) groups is 1. The second-order valence-electron chi connectivity index (χ2n) is 8.98. The lowest BCUT2D eigenvalue weighted by Crippen LogP contribution is -2.29. The Morgan fingerprint density at radius 1 is 0.868 bits per heavy atom. The van der Waals surface area contributed by atoms with E-state index in [1.54, 1.807) is 37.3 Å². The molecule has 0 saturated heterocycles. The molecule has 0 radical (unpaired) electrons. The number of ether oxygens (including phenoxy) is 3. The first-order chi connectivity index (χ1) is 18.2. The van der Waals surface area contributed by atoms with Crippen molar-refractivity contribution in [3.8, 4) is 28.4 Å². The first-order valence-corrected chi connectivity index (χ1v) is 12.9. The van der Waals surface area contributed by atoms with E-state index in [0.29, 0.717) is 34.8 Å². The number of halogens is 3. The number of hydrogen-bond acceptors (Lipinski definition) is 5. The molecule has 1 atom stereocenters. The Kier molecular flexibility index (Phi) is 10.4. The van der Waals surface area contributed by atoms with Crippen LogP contribution >= 0.6 is 0 Å². The molecule has 38 heavy (non-hydrogen) atoms. The van der Waals surface area contributed by atoms with Gasteiger partial charge in [-0.1, -0.05) is 62.1 Å². The molecular weight excluding hydrogens is 495 g/mol. The molecule has 0 aliphatic heterocycles. The van der Waals surface area contributed by atoms with E-state index < -0.39 is 18.4 Å². The topological polar surface area (TPSA) is 56.8 Å². The highest BCUT2D eigenvalue weighted by atomic mass is 19.4. The lowest BCUT2D eigenvalue weighted by atomic mass is 10.0. The van der Waals surface area contributed by atoms with Crippen molar-refractivity contribution in [2.45, 2.75) is 65.3 Å². The molecule has 0 spiro atoms. The standard InChI is InChI=1S/C30H34F3NO4/c1-4-6-7-8-9-27(29(35)36-5-2)38-28-20-23(22-12-15-24(16-13-22)34-30(31,32)33)14-19-26(28)37-25-17-10-21(3)11-18-25/h10-20,27,34H,4-9H2,1-3H3. The molecule has 5 nitrogen and oxygen atoms in total. The molecule has 8 heteroatoms. The van der Waals surface area contributed by atoms with Gasteiger partial charge in [0.1, 0.15) is 5.75 Å². The third-order valence-electron chi connectivity index (χ3n) is 5.84. The van der Waals surface area contributed by atoms with Gasteiger partial charge in [-0.15, -0.1) is 0 Å². The average molecular weight is 530 g/mol. The van der Waals surface area contributed by atoms with E-state index in [1.807, 2.05) is 31.2 Å². The Morgan fingerprint density at radius 3 is 2.18 bits per heavy atom. The van der Waals surface area contributed by atoms with Gasteiger partial charge < -0.3 is 14.2 Å². The van der Waals surface area contributed by atoms with Crippen molar-refractivity contribution in [1.29, 1.82) is 0 Å². The number of aryl methyl sites for hydroxylation is 1. The molecule has 0 aromatic heterocycles. The van der Waals surface area contributed by atoms with E-state index in [1.165, 1.54) is 17.4 Å². The maximum Gasteiger partial charge on any atom is 0.482 e. The van der Waals surface area contributed by atoms with Crippen molar-refractivity contribution in [3.05, 3.63) is 72.3 Å². The van der Waals surface area contributed by atoms with Gasteiger partial charge >= 0.3 is 12.3 Å². The molecule has 0 amide bonds. The maximum absolute atomic E-state index is 12.7. The van der Waals surface area contributed by atoms with Crippen LogP contribution in [0.1, 0.15) is 51.5 Å². The van der Waals surface area contributed by atoms with Crippen LogP contribution in [-0.4, -0.2) is 25.0 Å². The van der Waals surface area contributed by atoms with Gasteiger partial charge in [0, 0.05) is 5.69 Å². The summed E-state index contributed by atoms with van der Waals surface area (Å²) in [5, 5.41) is 1.49. The van der Waals surface area contributed by atoms with Crippen LogP contribution in [0.15, 0.2) is 66.7 Å². The highest BCUT2D eigenvalue weighted by molar-refractivity contribution is 5.76. The fourth-order valence-corrected chi connectivity index (χ4v) is 3.88. The van der Waals surface area contributed by atoms with E-state index in [0.717, 1.165) is 31.2 Å². The monoisotopic (exact) mass is 529 g/mol. The van der Waals surface area contributed by atoms with Crippen molar-refractivity contribution in [1.82, 2.24) is 0 Å². The maximum atomic E-state index is 12.7. The zero-order valence-corrected chi connectivity index (χ0v) is 21.9. The van der Waals surface area contributed by atoms with Crippen molar-refractivity contribution in [2.75, 3.05) is 11.9 Å². The fraction of sp³-hybridized carbons (Fsp3) is 0.367. The Labute approximate surface area is 221 Å². The predicted molar refractivity (Wildman–Crippen MR) is 143 cm³/mol. The molecule has 3 aromatic rings. The van der Waals surface area contributed by atoms with Gasteiger partial charge in [0.15, 0.2) is 17.6 Å². The Hall–Kier alpha value is -3.68. The van der Waals surface area contributed by atoms with Gasteiger partial charge in [0.25, 0.3) is 0 Å². The van der Waals surface area contributed by atoms with Gasteiger partial charge in [-0.2, -0.15) is 13.2 Å². The molecule has 0 saturated carbocycles. The molecule has 3 rings (SSSR count). The van der Waals surface area contributed by atoms with Crippen LogP contribution in [0.5, 0.6) is 17.2 Å². The van der Waals surface area contributed by atoms with Gasteiger partial charge in [0.05, 0.1) is 6.61 Å². The molecule has 0 bridgehead atoms. The molecule has 1 N–H and O–H groups in total. The lowest BCUT2D eigenvalue weighted by molar-refractivity contribution is -0.151. The number of benzene rings is 3. The van der Waals surface area contributed by atoms with Gasteiger partial charge in [-0.25, -0.2) is 4.79 Å². The van der Waals surface area contributed by atoms with Crippen molar-refractivity contribution < 1.29 is 32.2 Å². The Bertz CT molecular complexity index is 1160. The van der Waals surface area contributed by atoms with Crippen molar-refractivity contribution in [2.24, 2.45) is 0 Å². The first kappa shape index (κ1) is 28.9. The van der Waals surface area contributed by atoms with Crippen LogP contribution in [0.3, 0.4) is 0 Å². The second-order valence-corrected chi connectivity index (χ2v) is 8.98. The average Bonchev–Trinajstić information content (AvgIpc) is 2.87. The third kappa shape index (κ3) is 9.01. The number of unbranched alkanes of at least 4 members (excludes halogenated alkanes) is 3. The number of hydrogen-bond donors (Lipinski definition) is 1. The molecule has 1 unspecified atom stereocenters. The minimum Gasteiger partial charge on any atom is -0.475 e. The van der Waals surface area contributed by atoms with Crippen LogP contribution in [0, 0.1) is 6.92 Å². The molecule has 0 aliphatic carbocycles. The van der Waals surface area contributed by atoms with Crippen LogP contribution < -0.4 is 14.8 Å². The molecule has 3 aromatic carbocycles. The summed E-state index contributed by atoms with van der Waals surface area (Å²) in [5.74, 6) is 0.912. The van der Waals surface area contributed by atoms with Crippen LogP contribution in [0.4, 0.5) is 18.9 Å². The summed E-state index contributed by atoms with van der Waals surface area (Å²) in [6.07, 6.45) is -0.938. The highest BCUT2D eigenvalue weighted by Gasteiger charge is 2.27. The summed E-state index contributed by atoms with van der Waals surface area (Å²) >= 11 is 0. The summed E-state index contributed by atoms with van der Waals surface area (Å²) < 4.78 is 55.6. The van der Waals surface area contributed by atoms with E-state index in [2.05, 4.69) is 6.92 Å². The van der Waals surface area contributed by atoms with E-state index in [-0.39, 0.29) is 12.3 Å². The summed E-state index contributed by atoms with van der Waals surface area (Å²) in [6.45, 7) is 6.07. The zero-order valence-electron chi connectivity index (χ0n) is 21.9. The number of nitrogens with one attached hydrogen (secondary N) is 1. The summed E-state index contributed by atoms with van der Waals surface area (Å²) in [7, 11) is 0. The van der Waals surface area contributed by atoms with E-state index in [4.69, 9.17) is 14.2 Å². The van der Waals surface area contributed by atoms with Crippen LogP contribution in [0.25, 0.3) is 11.1 Å². The van der Waals surface area contributed by atoms with Gasteiger partial charge in [0.2, 0.25) is 0 Å². The summed E-state index contributed by atoms with van der Waals surface area (Å²) in [4.78, 5) is 12.7. The second kappa shape index (κ2) is 13.7. The molecule has 0 aliphatic rings. The number of alkyl halides is 3. The summed E-state index contributed by atoms with van der Waals surface area (Å²) in [6, 6.07) is 18.7. The Morgan fingerprint density at radius 2 is 1.55 bits per heavy atom. The molecule has 0 heterocycles. The SMILES string of the molecule is CCCCCCC(Oc1cc(-c2ccc(NC(F)(F)F)cc2)ccc1Oc1ccc(C)cc1)C(=O)OCC. The van der Waals surface area contributed by atoms with Crippen molar-refractivity contribution >= 4 is 11.7 Å². The number of carbonyl (C=O) groups excluding carboxylic acids is 1. The summed E-state index contributed by atoms with van der Waals surface area (Å²) in [5.41, 5.74) is 2.40. The third-order valence-corrected chi connectivity index (χ3v) is 5.84. The van der Waals surface area contributed by atoms with Gasteiger partial charge in [-0.3, -0.25) is 5.32 Å². The first-order valence-electron chi connectivity index (χ1n) is 12.9. The normalized spacial score (nSPS) is 12.1. The van der Waals surface area contributed by atoms with E-state index in [9.17, 15) is 18.0 Å². The molecule has 0 fully saturated rings. The minimum atomic E-state index is -4.52. The quantitative estimate of drug-likeness (QED) is 0.136. The largest absolute Gasteiger partial charge is 0.482 e. The highest BCUT2D eigenvalue weighted by Crippen LogP contribution is 2.37. The predicted octanol–water partition coefficient (Wildman–Crippen LogP) is 8.67. The molecule has 204 valence electrons. The van der Waals surface area contributed by atoms with Gasteiger partial charge in [-0.05, 0) is 74.2 Å². The van der Waals surface area contributed by atoms with E-state index >= 15 is 0 Å². The minimum absolute atomic E-state index is 0.0634. The number of esters is 1. The molecular formula is C30H34F3NO4. The van der Waals surface area contributed by atoms with Crippen molar-refractivity contribution in [3.63, 3.8) is 0 Å². The number of anilines is 1. The zero-order chi connectivity index (χ0) is 27.5. The smallest absolute Gasteiger partial charge is 0.475 e. The fourth-order valence-electron chi connectivity index (χ4n) is 3.88. The van der Waals surface area contributed by atoms with Crippen LogP contribution in [0.2, 0.25) is 0 Å². The Balaban J connectivity index is 1.92. The lowest BCUT2D eigenvalue weighted by Gasteiger charge is -2.20. The van der Waals surface area contributed by atoms with Crippen LogP contribution in [-0.2, 0) is 9.53 Å². The number of rotatable bonds is 13.